The lowest BCUT2D eigenvalue weighted by Gasteiger charge is -2.15. The minimum atomic E-state index is -0.168. The molecule has 0 aliphatic rings. The molecule has 6 heteroatoms. The molecule has 1 N–H and O–H groups in total. The van der Waals surface area contributed by atoms with Gasteiger partial charge in [0.1, 0.15) is 29.9 Å². The number of aromatic hydroxyl groups is 1. The zero-order valence-electron chi connectivity index (χ0n) is 16.9. The van der Waals surface area contributed by atoms with Crippen LogP contribution < -0.4 is 4.74 Å². The van der Waals surface area contributed by atoms with Crippen LogP contribution in [-0.4, -0.2) is 15.9 Å². The summed E-state index contributed by atoms with van der Waals surface area (Å²) in [4.78, 5) is 17.8. The molecule has 0 aliphatic heterocycles. The number of phenols is 1. The quantitative estimate of drug-likeness (QED) is 0.483. The van der Waals surface area contributed by atoms with Crippen molar-refractivity contribution in [3.05, 3.63) is 77.1 Å². The van der Waals surface area contributed by atoms with Gasteiger partial charge in [0.15, 0.2) is 5.78 Å². The fourth-order valence-electron chi connectivity index (χ4n) is 3.03. The van der Waals surface area contributed by atoms with Crippen LogP contribution in [0.2, 0.25) is 0 Å². The number of rotatable bonds is 8. The standard InChI is InChI=1S/C24H22N2O3S/c1-3-5-22-23(11-10-21(16(2)27)24(22)28)29-15-17-6-4-7-19(12-17)30-20-9-8-18(13-25)26-14-20/h4,6-12,14,28H,3,5,15H2,1-2H3. The zero-order chi connectivity index (χ0) is 21.5. The van der Waals surface area contributed by atoms with E-state index in [1.54, 1.807) is 36.2 Å². The molecular weight excluding hydrogens is 396 g/mol. The Kier molecular flexibility index (Phi) is 7.10. The number of aromatic nitrogens is 1. The van der Waals surface area contributed by atoms with Gasteiger partial charge in [0.05, 0.1) is 5.56 Å². The lowest BCUT2D eigenvalue weighted by Crippen LogP contribution is -2.02. The van der Waals surface area contributed by atoms with Crippen LogP contribution in [0.5, 0.6) is 11.5 Å². The molecule has 0 amide bonds. The van der Waals surface area contributed by atoms with Gasteiger partial charge in [-0.3, -0.25) is 4.79 Å². The first-order valence-electron chi connectivity index (χ1n) is 9.63. The molecule has 0 atom stereocenters. The van der Waals surface area contributed by atoms with Crippen LogP contribution in [-0.2, 0) is 13.0 Å². The lowest BCUT2D eigenvalue weighted by atomic mass is 10.0. The third kappa shape index (κ3) is 5.19. The van der Waals surface area contributed by atoms with Crippen molar-refractivity contribution >= 4 is 17.5 Å². The molecule has 5 nitrogen and oxygen atoms in total. The summed E-state index contributed by atoms with van der Waals surface area (Å²) in [6.45, 7) is 3.80. The number of Topliss-reactive ketones (excluding diaryl/α,β-unsaturated/α-hetero) is 1. The first-order valence-corrected chi connectivity index (χ1v) is 10.4. The van der Waals surface area contributed by atoms with E-state index >= 15 is 0 Å². The Morgan fingerprint density at radius 3 is 2.70 bits per heavy atom. The summed E-state index contributed by atoms with van der Waals surface area (Å²) in [5.41, 5.74) is 2.36. The minimum absolute atomic E-state index is 0.0134. The molecule has 30 heavy (non-hydrogen) atoms. The van der Waals surface area contributed by atoms with Gasteiger partial charge in [0.25, 0.3) is 0 Å². The molecule has 152 valence electrons. The van der Waals surface area contributed by atoms with Crippen molar-refractivity contribution in [3.63, 3.8) is 0 Å². The maximum Gasteiger partial charge on any atom is 0.163 e. The second-order valence-corrected chi connectivity index (χ2v) is 7.92. The molecule has 2 aromatic carbocycles. The number of carbonyl (C=O) groups is 1. The number of ether oxygens (including phenoxy) is 1. The van der Waals surface area contributed by atoms with E-state index in [1.807, 2.05) is 43.3 Å². The zero-order valence-corrected chi connectivity index (χ0v) is 17.7. The van der Waals surface area contributed by atoms with Gasteiger partial charge in [-0.2, -0.15) is 5.26 Å². The van der Waals surface area contributed by atoms with Crippen molar-refractivity contribution < 1.29 is 14.6 Å². The van der Waals surface area contributed by atoms with Crippen molar-refractivity contribution in [1.29, 1.82) is 5.26 Å². The Labute approximate surface area is 180 Å². The molecule has 0 saturated carbocycles. The largest absolute Gasteiger partial charge is 0.507 e. The van der Waals surface area contributed by atoms with Crippen molar-refractivity contribution in [3.8, 4) is 17.6 Å². The number of nitriles is 1. The van der Waals surface area contributed by atoms with Gasteiger partial charge in [0, 0.05) is 21.6 Å². The number of hydrogen-bond donors (Lipinski definition) is 1. The first kappa shape index (κ1) is 21.4. The van der Waals surface area contributed by atoms with Crippen molar-refractivity contribution in [2.75, 3.05) is 0 Å². The molecule has 0 saturated heterocycles. The summed E-state index contributed by atoms with van der Waals surface area (Å²) < 4.78 is 6.00. The highest BCUT2D eigenvalue weighted by molar-refractivity contribution is 7.99. The average molecular weight is 419 g/mol. The molecule has 1 aromatic heterocycles. The second-order valence-electron chi connectivity index (χ2n) is 6.77. The van der Waals surface area contributed by atoms with E-state index in [4.69, 9.17) is 10.00 Å². The lowest BCUT2D eigenvalue weighted by molar-refractivity contribution is 0.101. The monoisotopic (exact) mass is 418 g/mol. The minimum Gasteiger partial charge on any atom is -0.507 e. The summed E-state index contributed by atoms with van der Waals surface area (Å²) >= 11 is 1.56. The Hall–Kier alpha value is -3.30. The highest BCUT2D eigenvalue weighted by Gasteiger charge is 2.16. The van der Waals surface area contributed by atoms with Gasteiger partial charge in [0.2, 0.25) is 0 Å². The number of phenolic OH excluding ortho intramolecular Hbond substituents is 1. The topological polar surface area (TPSA) is 83.2 Å². The molecule has 0 aliphatic carbocycles. The van der Waals surface area contributed by atoms with Gasteiger partial charge in [-0.15, -0.1) is 0 Å². The third-order valence-electron chi connectivity index (χ3n) is 4.50. The van der Waals surface area contributed by atoms with Crippen LogP contribution in [0, 0.1) is 11.3 Å². The summed E-state index contributed by atoms with van der Waals surface area (Å²) in [6.07, 6.45) is 3.14. The van der Waals surface area contributed by atoms with E-state index in [0.717, 1.165) is 21.8 Å². The average Bonchev–Trinajstić information content (AvgIpc) is 2.75. The maximum absolute atomic E-state index is 11.7. The fourth-order valence-corrected chi connectivity index (χ4v) is 3.90. The number of hydrogen-bond acceptors (Lipinski definition) is 6. The number of ketones is 1. The van der Waals surface area contributed by atoms with E-state index in [9.17, 15) is 9.90 Å². The molecule has 0 fully saturated rings. The third-order valence-corrected chi connectivity index (χ3v) is 5.47. The summed E-state index contributed by atoms with van der Waals surface area (Å²) in [7, 11) is 0. The molecule has 3 rings (SSSR count). The molecule has 0 spiro atoms. The van der Waals surface area contributed by atoms with Crippen molar-refractivity contribution in [2.24, 2.45) is 0 Å². The smallest absolute Gasteiger partial charge is 0.163 e. The van der Waals surface area contributed by atoms with E-state index in [-0.39, 0.29) is 11.5 Å². The number of benzene rings is 2. The van der Waals surface area contributed by atoms with Gasteiger partial charge < -0.3 is 9.84 Å². The molecule has 0 radical (unpaired) electrons. The summed E-state index contributed by atoms with van der Waals surface area (Å²) in [5.74, 6) is 0.437. The second kappa shape index (κ2) is 9.95. The number of pyridine rings is 1. The SMILES string of the molecule is CCCc1c(OCc2cccc(Sc3ccc(C#N)nc3)c2)ccc(C(C)=O)c1O. The van der Waals surface area contributed by atoms with Crippen LogP contribution in [0.1, 0.15) is 47.4 Å². The van der Waals surface area contributed by atoms with Gasteiger partial charge in [-0.05, 0) is 55.3 Å². The molecular formula is C24H22N2O3S. The van der Waals surface area contributed by atoms with Gasteiger partial charge >= 0.3 is 0 Å². The molecule has 1 heterocycles. The van der Waals surface area contributed by atoms with Crippen LogP contribution in [0.3, 0.4) is 0 Å². The van der Waals surface area contributed by atoms with E-state index in [0.29, 0.717) is 35.6 Å². The normalized spacial score (nSPS) is 10.4. The van der Waals surface area contributed by atoms with Crippen LogP contribution in [0.4, 0.5) is 0 Å². The van der Waals surface area contributed by atoms with E-state index < -0.39 is 0 Å². The van der Waals surface area contributed by atoms with Crippen molar-refractivity contribution in [2.45, 2.75) is 43.1 Å². The predicted octanol–water partition coefficient (Wildman–Crippen LogP) is 5.54. The van der Waals surface area contributed by atoms with Crippen LogP contribution >= 0.6 is 11.8 Å². The van der Waals surface area contributed by atoms with Crippen LogP contribution in [0.25, 0.3) is 0 Å². The predicted molar refractivity (Wildman–Crippen MR) is 116 cm³/mol. The van der Waals surface area contributed by atoms with Gasteiger partial charge in [-0.25, -0.2) is 4.98 Å². The number of nitrogens with zero attached hydrogens (tertiary/aromatic N) is 2. The fraction of sp³-hybridized carbons (Fsp3) is 0.208. The highest BCUT2D eigenvalue weighted by atomic mass is 32.2. The summed E-state index contributed by atoms with van der Waals surface area (Å²) in [6, 6.07) is 16.9. The molecule has 3 aromatic rings. The Bertz CT molecular complexity index is 1090. The van der Waals surface area contributed by atoms with E-state index in [1.165, 1.54) is 6.92 Å². The molecule has 0 bridgehead atoms. The van der Waals surface area contributed by atoms with Gasteiger partial charge in [-0.1, -0.05) is 37.2 Å². The Morgan fingerprint density at radius 2 is 2.03 bits per heavy atom. The Morgan fingerprint density at radius 1 is 1.20 bits per heavy atom. The Balaban J connectivity index is 1.74. The number of carbonyl (C=O) groups excluding carboxylic acids is 1. The van der Waals surface area contributed by atoms with E-state index in [2.05, 4.69) is 4.98 Å². The summed E-state index contributed by atoms with van der Waals surface area (Å²) in [5, 5.41) is 19.3. The highest BCUT2D eigenvalue weighted by Crippen LogP contribution is 2.34. The maximum atomic E-state index is 11.7. The van der Waals surface area contributed by atoms with Crippen LogP contribution in [0.15, 0.2) is 64.5 Å². The van der Waals surface area contributed by atoms with Crippen molar-refractivity contribution in [1.82, 2.24) is 4.98 Å². The molecule has 0 unspecified atom stereocenters. The first-order chi connectivity index (χ1) is 14.5.